The van der Waals surface area contributed by atoms with Gasteiger partial charge in [0.15, 0.2) is 0 Å². The van der Waals surface area contributed by atoms with Crippen molar-refractivity contribution < 1.29 is 19.1 Å². The molecule has 2 aromatic rings. The highest BCUT2D eigenvalue weighted by molar-refractivity contribution is 6.00. The topological polar surface area (TPSA) is 72.0 Å². The summed E-state index contributed by atoms with van der Waals surface area (Å²) in [5, 5.41) is 0. The van der Waals surface area contributed by atoms with Crippen molar-refractivity contribution in [1.82, 2.24) is 9.88 Å². The van der Waals surface area contributed by atoms with Crippen LogP contribution in [0.5, 0.6) is 11.5 Å². The van der Waals surface area contributed by atoms with Crippen LogP contribution >= 0.6 is 0 Å². The number of rotatable bonds is 5. The summed E-state index contributed by atoms with van der Waals surface area (Å²) in [7, 11) is 1.60. The lowest BCUT2D eigenvalue weighted by Gasteiger charge is -2.40. The van der Waals surface area contributed by atoms with Gasteiger partial charge in [0.1, 0.15) is 17.6 Å². The third-order valence-electron chi connectivity index (χ3n) is 4.97. The van der Waals surface area contributed by atoms with Gasteiger partial charge in [-0.25, -0.2) is 0 Å². The molecule has 0 radical (unpaired) electrons. The number of aromatic nitrogens is 1. The smallest absolute Gasteiger partial charge is 0.228 e. The molecule has 140 valence electrons. The predicted octanol–water partition coefficient (Wildman–Crippen LogP) is 1.73. The standard InChI is InChI=1S/C20H21N3O4/c1-26-16-4-2-15(3-5-16)23-11-14(10-19(23)24)20(25)22-12-18(13-22)27-17-6-8-21-9-7-17/h2-9,14,18H,10-13H2,1H3. The summed E-state index contributed by atoms with van der Waals surface area (Å²) in [6, 6.07) is 10.9. The molecular formula is C20H21N3O4. The Morgan fingerprint density at radius 2 is 1.74 bits per heavy atom. The largest absolute Gasteiger partial charge is 0.497 e. The Labute approximate surface area is 157 Å². The first-order valence-corrected chi connectivity index (χ1v) is 8.94. The van der Waals surface area contributed by atoms with Crippen molar-refractivity contribution >= 4 is 17.5 Å². The first-order valence-electron chi connectivity index (χ1n) is 8.94. The minimum atomic E-state index is -0.304. The third-order valence-corrected chi connectivity index (χ3v) is 4.97. The highest BCUT2D eigenvalue weighted by atomic mass is 16.5. The molecule has 2 fully saturated rings. The zero-order valence-corrected chi connectivity index (χ0v) is 15.1. The number of hydrogen-bond donors (Lipinski definition) is 0. The number of ether oxygens (including phenoxy) is 2. The zero-order valence-electron chi connectivity index (χ0n) is 15.1. The second kappa shape index (κ2) is 7.26. The third kappa shape index (κ3) is 3.58. The van der Waals surface area contributed by atoms with Crippen molar-refractivity contribution in [3.05, 3.63) is 48.8 Å². The van der Waals surface area contributed by atoms with E-state index in [9.17, 15) is 9.59 Å². The average molecular weight is 367 g/mol. The molecule has 0 saturated carbocycles. The summed E-state index contributed by atoms with van der Waals surface area (Å²) in [5.74, 6) is 1.18. The van der Waals surface area contributed by atoms with Crippen LogP contribution in [0.2, 0.25) is 0 Å². The number of nitrogens with zero attached hydrogens (tertiary/aromatic N) is 3. The Balaban J connectivity index is 1.32. The van der Waals surface area contributed by atoms with E-state index in [1.54, 1.807) is 41.4 Å². The van der Waals surface area contributed by atoms with E-state index in [1.165, 1.54) is 0 Å². The number of carbonyl (C=O) groups is 2. The molecule has 0 bridgehead atoms. The maximum absolute atomic E-state index is 12.7. The van der Waals surface area contributed by atoms with Gasteiger partial charge in [-0.2, -0.15) is 0 Å². The summed E-state index contributed by atoms with van der Waals surface area (Å²) in [4.78, 5) is 32.5. The SMILES string of the molecule is COc1ccc(N2CC(C(=O)N3CC(Oc4ccncc4)C3)CC2=O)cc1. The number of pyridine rings is 1. The van der Waals surface area contributed by atoms with E-state index >= 15 is 0 Å². The van der Waals surface area contributed by atoms with E-state index in [-0.39, 0.29) is 30.3 Å². The Bertz CT molecular complexity index is 819. The normalized spacial score (nSPS) is 19.7. The Hall–Kier alpha value is -3.09. The van der Waals surface area contributed by atoms with Gasteiger partial charge in [-0.05, 0) is 36.4 Å². The summed E-state index contributed by atoms with van der Waals surface area (Å²) >= 11 is 0. The molecule has 2 amide bonds. The second-order valence-corrected chi connectivity index (χ2v) is 6.77. The Kier molecular flexibility index (Phi) is 4.66. The van der Waals surface area contributed by atoms with Crippen LogP contribution in [0.25, 0.3) is 0 Å². The molecule has 27 heavy (non-hydrogen) atoms. The predicted molar refractivity (Wildman–Crippen MR) is 98.7 cm³/mol. The molecule has 0 N–H and O–H groups in total. The lowest BCUT2D eigenvalue weighted by atomic mass is 10.0. The summed E-state index contributed by atoms with van der Waals surface area (Å²) < 4.78 is 10.9. The molecule has 2 saturated heterocycles. The zero-order chi connectivity index (χ0) is 18.8. The van der Waals surface area contributed by atoms with E-state index in [1.807, 2.05) is 24.3 Å². The number of carbonyl (C=O) groups excluding carboxylic acids is 2. The van der Waals surface area contributed by atoms with Crippen LogP contribution in [0.3, 0.4) is 0 Å². The van der Waals surface area contributed by atoms with Crippen molar-refractivity contribution in [2.75, 3.05) is 31.6 Å². The molecule has 4 rings (SSSR count). The molecule has 2 aliphatic heterocycles. The fourth-order valence-corrected chi connectivity index (χ4v) is 3.44. The van der Waals surface area contributed by atoms with E-state index < -0.39 is 0 Å². The number of hydrogen-bond acceptors (Lipinski definition) is 5. The minimum Gasteiger partial charge on any atom is -0.497 e. The monoisotopic (exact) mass is 367 g/mol. The second-order valence-electron chi connectivity index (χ2n) is 6.77. The van der Waals surface area contributed by atoms with Gasteiger partial charge in [-0.3, -0.25) is 14.6 Å². The van der Waals surface area contributed by atoms with Crippen LogP contribution < -0.4 is 14.4 Å². The van der Waals surface area contributed by atoms with Crippen LogP contribution in [0.4, 0.5) is 5.69 Å². The number of benzene rings is 1. The summed E-state index contributed by atoms with van der Waals surface area (Å²) in [5.41, 5.74) is 0.790. The quantitative estimate of drug-likeness (QED) is 0.805. The van der Waals surface area contributed by atoms with Gasteiger partial charge >= 0.3 is 0 Å². The Morgan fingerprint density at radius 3 is 2.41 bits per heavy atom. The first kappa shape index (κ1) is 17.3. The lowest BCUT2D eigenvalue weighted by molar-refractivity contribution is -0.144. The highest BCUT2D eigenvalue weighted by Gasteiger charge is 2.41. The molecule has 0 aliphatic carbocycles. The molecule has 0 spiro atoms. The molecule has 7 heteroatoms. The fraction of sp³-hybridized carbons (Fsp3) is 0.350. The average Bonchev–Trinajstić information content (AvgIpc) is 3.06. The molecule has 1 aromatic heterocycles. The maximum Gasteiger partial charge on any atom is 0.228 e. The summed E-state index contributed by atoms with van der Waals surface area (Å²) in [6.07, 6.45) is 3.59. The van der Waals surface area contributed by atoms with Crippen LogP contribution in [0.15, 0.2) is 48.8 Å². The van der Waals surface area contributed by atoms with Crippen molar-refractivity contribution in [1.29, 1.82) is 0 Å². The number of methoxy groups -OCH3 is 1. The van der Waals surface area contributed by atoms with Crippen molar-refractivity contribution in [3.63, 3.8) is 0 Å². The molecular weight excluding hydrogens is 346 g/mol. The molecule has 2 aliphatic rings. The van der Waals surface area contributed by atoms with Crippen LogP contribution in [-0.2, 0) is 9.59 Å². The van der Waals surface area contributed by atoms with Gasteiger partial charge in [0.2, 0.25) is 11.8 Å². The van der Waals surface area contributed by atoms with Crippen LogP contribution in [0, 0.1) is 5.92 Å². The lowest BCUT2D eigenvalue weighted by Crippen LogP contribution is -2.57. The van der Waals surface area contributed by atoms with E-state index in [2.05, 4.69) is 4.98 Å². The van der Waals surface area contributed by atoms with E-state index in [0.29, 0.717) is 19.6 Å². The molecule has 1 unspecified atom stereocenters. The molecule has 1 aromatic carbocycles. The first-order chi connectivity index (χ1) is 13.1. The van der Waals surface area contributed by atoms with Gasteiger partial charge < -0.3 is 19.3 Å². The number of likely N-dealkylation sites (tertiary alicyclic amines) is 1. The molecule has 1 atom stereocenters. The molecule has 7 nitrogen and oxygen atoms in total. The van der Waals surface area contributed by atoms with Crippen molar-refractivity contribution in [2.45, 2.75) is 12.5 Å². The van der Waals surface area contributed by atoms with Gasteiger partial charge in [-0.1, -0.05) is 0 Å². The van der Waals surface area contributed by atoms with Crippen molar-refractivity contribution in [3.8, 4) is 11.5 Å². The van der Waals surface area contributed by atoms with Crippen LogP contribution in [0.1, 0.15) is 6.42 Å². The van der Waals surface area contributed by atoms with Gasteiger partial charge in [-0.15, -0.1) is 0 Å². The minimum absolute atomic E-state index is 0.00820. The van der Waals surface area contributed by atoms with Gasteiger partial charge in [0.25, 0.3) is 0 Å². The van der Waals surface area contributed by atoms with Gasteiger partial charge in [0.05, 0.1) is 26.1 Å². The number of amides is 2. The maximum atomic E-state index is 12.7. The van der Waals surface area contributed by atoms with E-state index in [0.717, 1.165) is 17.2 Å². The fourth-order valence-electron chi connectivity index (χ4n) is 3.44. The molecule has 3 heterocycles. The van der Waals surface area contributed by atoms with Crippen LogP contribution in [-0.4, -0.2) is 54.5 Å². The van der Waals surface area contributed by atoms with E-state index in [4.69, 9.17) is 9.47 Å². The van der Waals surface area contributed by atoms with Gasteiger partial charge in [0, 0.05) is 31.0 Å². The van der Waals surface area contributed by atoms with Crippen molar-refractivity contribution in [2.24, 2.45) is 5.92 Å². The number of anilines is 1. The highest BCUT2D eigenvalue weighted by Crippen LogP contribution is 2.29. The Morgan fingerprint density at radius 1 is 1.04 bits per heavy atom. The summed E-state index contributed by atoms with van der Waals surface area (Å²) in [6.45, 7) is 1.51.